The molecule has 9 rings (SSSR count). The van der Waals surface area contributed by atoms with Crippen LogP contribution >= 0.6 is 11.3 Å². The molecular weight excluding hydrogens is 623 g/mol. The minimum Gasteiger partial charge on any atom is -0.309 e. The van der Waals surface area contributed by atoms with Crippen molar-refractivity contribution in [3.05, 3.63) is 200 Å². The SMILES string of the molecule is c1ccc(-c2ccccc2-c2cccc(N(c3cccc(-c4ccccc4-c4ccccc4)c3)c3cccc4c3sc3ccccc34)c2)cc1. The Bertz CT molecular complexity index is 2470. The van der Waals surface area contributed by atoms with Crippen molar-refractivity contribution in [1.82, 2.24) is 0 Å². The molecule has 1 aromatic heterocycles. The van der Waals surface area contributed by atoms with Gasteiger partial charge in [-0.1, -0.05) is 164 Å². The fraction of sp³-hybridized carbons (Fsp3) is 0. The molecule has 0 amide bonds. The molecule has 2 heteroatoms. The lowest BCUT2D eigenvalue weighted by atomic mass is 9.93. The first kappa shape index (κ1) is 29.9. The van der Waals surface area contributed by atoms with Crippen molar-refractivity contribution in [2.24, 2.45) is 0 Å². The van der Waals surface area contributed by atoms with E-state index in [1.807, 2.05) is 11.3 Å². The van der Waals surface area contributed by atoms with Crippen LogP contribution in [-0.2, 0) is 0 Å². The van der Waals surface area contributed by atoms with Crippen LogP contribution in [0.3, 0.4) is 0 Å². The second-order valence-electron chi connectivity index (χ2n) is 12.5. The average molecular weight is 656 g/mol. The van der Waals surface area contributed by atoms with Crippen LogP contribution in [0.15, 0.2) is 200 Å². The fourth-order valence-corrected chi connectivity index (χ4v) is 8.38. The third-order valence-corrected chi connectivity index (χ3v) is 10.7. The topological polar surface area (TPSA) is 3.24 Å². The Morgan fingerprint density at radius 2 is 0.740 bits per heavy atom. The Kier molecular flexibility index (Phi) is 7.77. The summed E-state index contributed by atoms with van der Waals surface area (Å²) in [5.41, 5.74) is 13.1. The Morgan fingerprint density at radius 3 is 1.30 bits per heavy atom. The van der Waals surface area contributed by atoms with Gasteiger partial charge in [0, 0.05) is 26.8 Å². The van der Waals surface area contributed by atoms with E-state index < -0.39 is 0 Å². The third kappa shape index (κ3) is 5.46. The summed E-state index contributed by atoms with van der Waals surface area (Å²) < 4.78 is 2.57. The van der Waals surface area contributed by atoms with Crippen LogP contribution in [-0.4, -0.2) is 0 Å². The van der Waals surface area contributed by atoms with Gasteiger partial charge in [0.1, 0.15) is 0 Å². The number of hydrogen-bond acceptors (Lipinski definition) is 2. The lowest BCUT2D eigenvalue weighted by Gasteiger charge is -2.27. The van der Waals surface area contributed by atoms with Crippen LogP contribution in [0.4, 0.5) is 17.1 Å². The normalized spacial score (nSPS) is 11.2. The number of anilines is 3. The molecule has 0 radical (unpaired) electrons. The molecule has 8 aromatic carbocycles. The van der Waals surface area contributed by atoms with Crippen LogP contribution in [0.5, 0.6) is 0 Å². The first-order chi connectivity index (χ1) is 24.8. The maximum Gasteiger partial charge on any atom is 0.0640 e. The fourth-order valence-electron chi connectivity index (χ4n) is 7.17. The van der Waals surface area contributed by atoms with E-state index in [9.17, 15) is 0 Å². The van der Waals surface area contributed by atoms with Gasteiger partial charge < -0.3 is 4.90 Å². The smallest absolute Gasteiger partial charge is 0.0640 e. The van der Waals surface area contributed by atoms with Crippen molar-refractivity contribution in [3.8, 4) is 44.5 Å². The van der Waals surface area contributed by atoms with Crippen molar-refractivity contribution in [3.63, 3.8) is 0 Å². The van der Waals surface area contributed by atoms with Gasteiger partial charge in [-0.15, -0.1) is 11.3 Å². The number of hydrogen-bond donors (Lipinski definition) is 0. The average Bonchev–Trinajstić information content (AvgIpc) is 3.59. The van der Waals surface area contributed by atoms with Crippen LogP contribution in [0.1, 0.15) is 0 Å². The summed E-state index contributed by atoms with van der Waals surface area (Å²) in [6.45, 7) is 0. The van der Waals surface area contributed by atoms with E-state index in [0.29, 0.717) is 0 Å². The molecule has 0 aliphatic heterocycles. The summed E-state index contributed by atoms with van der Waals surface area (Å²) in [6, 6.07) is 72.3. The van der Waals surface area contributed by atoms with Crippen LogP contribution in [0.25, 0.3) is 64.7 Å². The number of fused-ring (bicyclic) bond motifs is 3. The van der Waals surface area contributed by atoms with Gasteiger partial charge in [-0.2, -0.15) is 0 Å². The van der Waals surface area contributed by atoms with Crippen molar-refractivity contribution >= 4 is 48.6 Å². The summed E-state index contributed by atoms with van der Waals surface area (Å²) in [4.78, 5) is 2.45. The molecule has 0 fully saturated rings. The number of benzene rings is 8. The lowest BCUT2D eigenvalue weighted by molar-refractivity contribution is 1.30. The molecule has 0 spiro atoms. The molecule has 0 aliphatic rings. The molecule has 0 saturated carbocycles. The molecule has 50 heavy (non-hydrogen) atoms. The van der Waals surface area contributed by atoms with E-state index >= 15 is 0 Å². The van der Waals surface area contributed by atoms with Gasteiger partial charge in [-0.25, -0.2) is 0 Å². The highest BCUT2D eigenvalue weighted by Gasteiger charge is 2.20. The van der Waals surface area contributed by atoms with Crippen molar-refractivity contribution < 1.29 is 0 Å². The molecule has 0 saturated heterocycles. The maximum absolute atomic E-state index is 2.45. The van der Waals surface area contributed by atoms with E-state index in [4.69, 9.17) is 0 Å². The minimum atomic E-state index is 1.11. The van der Waals surface area contributed by atoms with Crippen LogP contribution in [0.2, 0.25) is 0 Å². The second-order valence-corrected chi connectivity index (χ2v) is 13.6. The summed E-state index contributed by atoms with van der Waals surface area (Å²) in [7, 11) is 0. The monoisotopic (exact) mass is 655 g/mol. The summed E-state index contributed by atoms with van der Waals surface area (Å²) >= 11 is 1.86. The molecule has 236 valence electrons. The quantitative estimate of drug-likeness (QED) is 0.165. The second kappa shape index (κ2) is 13.0. The Morgan fingerprint density at radius 1 is 0.320 bits per heavy atom. The molecule has 0 atom stereocenters. The molecule has 0 unspecified atom stereocenters. The highest BCUT2D eigenvalue weighted by molar-refractivity contribution is 7.26. The van der Waals surface area contributed by atoms with Gasteiger partial charge in [0.15, 0.2) is 0 Å². The van der Waals surface area contributed by atoms with Gasteiger partial charge in [0.25, 0.3) is 0 Å². The van der Waals surface area contributed by atoms with Crippen molar-refractivity contribution in [1.29, 1.82) is 0 Å². The highest BCUT2D eigenvalue weighted by atomic mass is 32.1. The first-order valence-corrected chi connectivity index (χ1v) is 17.8. The number of rotatable bonds is 7. The molecule has 1 heterocycles. The summed E-state index contributed by atoms with van der Waals surface area (Å²) in [5, 5.41) is 2.58. The lowest BCUT2D eigenvalue weighted by Crippen LogP contribution is -2.10. The molecule has 0 aliphatic carbocycles. The molecule has 0 bridgehead atoms. The zero-order chi connectivity index (χ0) is 33.3. The van der Waals surface area contributed by atoms with Crippen molar-refractivity contribution in [2.45, 2.75) is 0 Å². The standard InChI is InChI=1S/C48H33NS/c1-3-16-34(17-4-1)40-24-7-9-26-42(40)36-20-13-22-38(32-36)49(46-30-15-29-45-44-28-11-12-31-47(44)50-48(45)46)39-23-14-21-37(33-39)43-27-10-8-25-41(43)35-18-5-2-6-19-35/h1-33H. The number of nitrogens with zero attached hydrogens (tertiary/aromatic N) is 1. The van der Waals surface area contributed by atoms with E-state index in [-0.39, 0.29) is 0 Å². The van der Waals surface area contributed by atoms with Crippen LogP contribution in [0, 0.1) is 0 Å². The molecule has 1 nitrogen and oxygen atoms in total. The Hall–Kier alpha value is -6.22. The largest absolute Gasteiger partial charge is 0.309 e. The molecular formula is C48H33NS. The highest BCUT2D eigenvalue weighted by Crippen LogP contribution is 2.46. The Balaban J connectivity index is 1.25. The summed E-state index contributed by atoms with van der Waals surface area (Å²) in [6.07, 6.45) is 0. The van der Waals surface area contributed by atoms with Gasteiger partial charge in [-0.3, -0.25) is 0 Å². The molecule has 0 N–H and O–H groups in total. The number of thiophene rings is 1. The van der Waals surface area contributed by atoms with E-state index in [1.165, 1.54) is 70.4 Å². The van der Waals surface area contributed by atoms with Gasteiger partial charge in [0.2, 0.25) is 0 Å². The van der Waals surface area contributed by atoms with Crippen molar-refractivity contribution in [2.75, 3.05) is 4.90 Å². The Labute approximate surface area is 297 Å². The minimum absolute atomic E-state index is 1.11. The predicted molar refractivity (Wildman–Crippen MR) is 216 cm³/mol. The van der Waals surface area contributed by atoms with E-state index in [1.54, 1.807) is 0 Å². The maximum atomic E-state index is 2.45. The van der Waals surface area contributed by atoms with Gasteiger partial charge >= 0.3 is 0 Å². The zero-order valence-corrected chi connectivity index (χ0v) is 28.2. The first-order valence-electron chi connectivity index (χ1n) is 17.0. The summed E-state index contributed by atoms with van der Waals surface area (Å²) in [5.74, 6) is 0. The van der Waals surface area contributed by atoms with Gasteiger partial charge in [-0.05, 0) is 80.9 Å². The third-order valence-electron chi connectivity index (χ3n) is 9.48. The van der Waals surface area contributed by atoms with Gasteiger partial charge in [0.05, 0.1) is 10.4 Å². The molecule has 9 aromatic rings. The van der Waals surface area contributed by atoms with E-state index in [0.717, 1.165) is 11.4 Å². The predicted octanol–water partition coefficient (Wildman–Crippen LogP) is 14.2. The van der Waals surface area contributed by atoms with E-state index in [2.05, 4.69) is 205 Å². The van der Waals surface area contributed by atoms with Crippen LogP contribution < -0.4 is 4.90 Å². The zero-order valence-electron chi connectivity index (χ0n) is 27.4.